The lowest BCUT2D eigenvalue weighted by Gasteiger charge is -2.27. The first-order valence-corrected chi connectivity index (χ1v) is 9.56. The Balaban J connectivity index is 2.16. The molecule has 0 atom stereocenters. The fraction of sp³-hybridized carbons (Fsp3) is 0.333. The summed E-state index contributed by atoms with van der Waals surface area (Å²) in [6, 6.07) is 8.80. The summed E-state index contributed by atoms with van der Waals surface area (Å²) in [6.45, 7) is 13.3. The molecule has 4 heteroatoms. The zero-order valence-electron chi connectivity index (χ0n) is 17.3. The van der Waals surface area contributed by atoms with Gasteiger partial charge in [0.1, 0.15) is 0 Å². The summed E-state index contributed by atoms with van der Waals surface area (Å²) in [5, 5.41) is 2.26. The maximum atomic E-state index is 5.74. The third kappa shape index (κ3) is 3.03. The summed E-state index contributed by atoms with van der Waals surface area (Å²) in [4.78, 5) is 8.32. The molecule has 2 aromatic carbocycles. The number of benzene rings is 2. The molecule has 28 heavy (non-hydrogen) atoms. The van der Waals surface area contributed by atoms with Crippen molar-refractivity contribution in [2.75, 3.05) is 0 Å². The molecule has 0 unspecified atom stereocenters. The zero-order chi connectivity index (χ0) is 20.1. The van der Waals surface area contributed by atoms with Gasteiger partial charge in [0.15, 0.2) is 24.3 Å². The van der Waals surface area contributed by atoms with Gasteiger partial charge in [0, 0.05) is 11.1 Å². The van der Waals surface area contributed by atoms with Crippen LogP contribution in [0.4, 0.5) is 0 Å². The van der Waals surface area contributed by atoms with E-state index in [0.717, 1.165) is 33.4 Å². The smallest absolute Gasteiger partial charge is 0.181 e. The average molecular weight is 374 g/mol. The Morgan fingerprint density at radius 2 is 1.00 bits per heavy atom. The minimum atomic E-state index is -0.0363. The summed E-state index contributed by atoms with van der Waals surface area (Å²) in [5.41, 5.74) is 4.55. The normalized spacial score (nSPS) is 12.6. The Morgan fingerprint density at radius 3 is 1.29 bits per heavy atom. The van der Waals surface area contributed by atoms with Crippen LogP contribution in [0.1, 0.15) is 52.7 Å². The summed E-state index contributed by atoms with van der Waals surface area (Å²) >= 11 is 0. The van der Waals surface area contributed by atoms with Gasteiger partial charge in [0.25, 0.3) is 0 Å². The van der Waals surface area contributed by atoms with E-state index in [4.69, 9.17) is 8.83 Å². The van der Waals surface area contributed by atoms with Crippen molar-refractivity contribution in [3.63, 3.8) is 0 Å². The molecule has 0 radical (unpaired) electrons. The molecule has 4 rings (SSSR count). The first-order valence-electron chi connectivity index (χ1n) is 9.56. The van der Waals surface area contributed by atoms with Crippen LogP contribution >= 0.6 is 0 Å². The zero-order valence-corrected chi connectivity index (χ0v) is 17.3. The Bertz CT molecular complexity index is 1020. The largest absolute Gasteiger partial charge is 0.443 e. The van der Waals surface area contributed by atoms with Crippen LogP contribution in [0.2, 0.25) is 0 Å². The van der Waals surface area contributed by atoms with E-state index in [1.807, 2.05) is 0 Å². The first kappa shape index (κ1) is 18.5. The molecule has 0 bridgehead atoms. The van der Waals surface area contributed by atoms with E-state index in [9.17, 15) is 0 Å². The van der Waals surface area contributed by atoms with E-state index in [0.29, 0.717) is 0 Å². The highest BCUT2D eigenvalue weighted by molar-refractivity contribution is 6.05. The van der Waals surface area contributed by atoms with Crippen LogP contribution < -0.4 is 0 Å². The molecule has 0 fully saturated rings. The van der Waals surface area contributed by atoms with Gasteiger partial charge in [-0.15, -0.1) is 0 Å². The number of hydrogen-bond donors (Lipinski definition) is 0. The van der Waals surface area contributed by atoms with Gasteiger partial charge in [-0.1, -0.05) is 65.8 Å². The van der Waals surface area contributed by atoms with E-state index in [1.54, 1.807) is 12.4 Å². The predicted octanol–water partition coefficient (Wildman–Crippen LogP) is 6.74. The van der Waals surface area contributed by atoms with Gasteiger partial charge in [-0.3, -0.25) is 0 Å². The Kier molecular flexibility index (Phi) is 4.18. The van der Waals surface area contributed by atoms with Crippen LogP contribution in [-0.4, -0.2) is 9.97 Å². The van der Waals surface area contributed by atoms with E-state index in [-0.39, 0.29) is 10.8 Å². The molecular formula is C24H26N2O2. The van der Waals surface area contributed by atoms with Crippen molar-refractivity contribution in [3.05, 3.63) is 60.6 Å². The summed E-state index contributed by atoms with van der Waals surface area (Å²) < 4.78 is 11.5. The summed E-state index contributed by atoms with van der Waals surface area (Å²) in [5.74, 6) is 1.56. The minimum Gasteiger partial charge on any atom is -0.443 e. The third-order valence-corrected chi connectivity index (χ3v) is 5.17. The molecule has 0 aliphatic rings. The maximum absolute atomic E-state index is 5.74. The van der Waals surface area contributed by atoms with Gasteiger partial charge in [0.2, 0.25) is 0 Å². The van der Waals surface area contributed by atoms with Crippen molar-refractivity contribution in [1.29, 1.82) is 0 Å². The second-order valence-electron chi connectivity index (χ2n) is 9.30. The second-order valence-corrected chi connectivity index (χ2v) is 9.30. The number of nitrogens with zero attached hydrogens (tertiary/aromatic N) is 2. The molecule has 0 aliphatic heterocycles. The van der Waals surface area contributed by atoms with Crippen LogP contribution in [0.5, 0.6) is 0 Å². The summed E-state index contributed by atoms with van der Waals surface area (Å²) in [7, 11) is 0. The van der Waals surface area contributed by atoms with E-state index in [1.165, 1.54) is 23.9 Å². The van der Waals surface area contributed by atoms with E-state index >= 15 is 0 Å². The van der Waals surface area contributed by atoms with Crippen molar-refractivity contribution in [2.24, 2.45) is 0 Å². The lowest BCUT2D eigenvalue weighted by Crippen LogP contribution is -2.15. The molecule has 2 heterocycles. The van der Waals surface area contributed by atoms with Crippen molar-refractivity contribution < 1.29 is 8.83 Å². The number of fused-ring (bicyclic) bond motifs is 1. The molecule has 0 N–H and O–H groups in total. The van der Waals surface area contributed by atoms with Crippen LogP contribution in [0.3, 0.4) is 0 Å². The van der Waals surface area contributed by atoms with Gasteiger partial charge < -0.3 is 8.83 Å². The maximum Gasteiger partial charge on any atom is 0.181 e. The summed E-state index contributed by atoms with van der Waals surface area (Å²) in [6.07, 6.45) is 6.55. The van der Waals surface area contributed by atoms with Gasteiger partial charge >= 0.3 is 0 Å². The second kappa shape index (κ2) is 6.33. The van der Waals surface area contributed by atoms with Gasteiger partial charge in [-0.05, 0) is 32.7 Å². The van der Waals surface area contributed by atoms with Crippen LogP contribution in [0, 0.1) is 0 Å². The Labute approximate surface area is 165 Å². The van der Waals surface area contributed by atoms with Crippen molar-refractivity contribution in [3.8, 4) is 22.6 Å². The quantitative estimate of drug-likeness (QED) is 0.389. The van der Waals surface area contributed by atoms with E-state index in [2.05, 4.69) is 75.8 Å². The fourth-order valence-electron chi connectivity index (χ4n) is 3.87. The number of oxazole rings is 2. The monoisotopic (exact) mass is 374 g/mol. The number of aromatic nitrogens is 2. The Morgan fingerprint density at radius 1 is 0.607 bits per heavy atom. The molecule has 0 amide bonds. The molecule has 0 aliphatic carbocycles. The minimum absolute atomic E-state index is 0.0363. The van der Waals surface area contributed by atoms with Crippen molar-refractivity contribution in [2.45, 2.75) is 52.4 Å². The molecule has 0 saturated carbocycles. The van der Waals surface area contributed by atoms with Crippen LogP contribution in [0.15, 0.2) is 58.3 Å². The lowest BCUT2D eigenvalue weighted by molar-refractivity contribution is 0.559. The molecule has 4 aromatic rings. The van der Waals surface area contributed by atoms with Gasteiger partial charge in [-0.25, -0.2) is 9.97 Å². The SMILES string of the molecule is CC(C)(C)c1ccc2c(-c3cnco3)c(C(C)(C)C)ccc2c1-c1cnco1. The standard InChI is InChI=1S/C24H26N2O2/c1-23(2,3)17-9-7-16-15(21(17)19-11-25-13-27-19)8-10-18(24(4,5)6)22(16)20-12-26-14-28-20/h7-14H,1-6H3. The highest BCUT2D eigenvalue weighted by atomic mass is 16.3. The molecule has 144 valence electrons. The average Bonchev–Trinajstić information content (AvgIpc) is 3.31. The van der Waals surface area contributed by atoms with Crippen LogP contribution in [0.25, 0.3) is 33.4 Å². The number of hydrogen-bond acceptors (Lipinski definition) is 4. The molecule has 0 spiro atoms. The van der Waals surface area contributed by atoms with Crippen LogP contribution in [-0.2, 0) is 10.8 Å². The van der Waals surface area contributed by atoms with E-state index < -0.39 is 0 Å². The Hall–Kier alpha value is -2.88. The fourth-order valence-corrected chi connectivity index (χ4v) is 3.87. The predicted molar refractivity (Wildman–Crippen MR) is 112 cm³/mol. The molecule has 4 nitrogen and oxygen atoms in total. The first-order chi connectivity index (χ1) is 13.2. The highest BCUT2D eigenvalue weighted by Gasteiger charge is 2.27. The number of rotatable bonds is 2. The highest BCUT2D eigenvalue weighted by Crippen LogP contribution is 2.44. The van der Waals surface area contributed by atoms with Crippen molar-refractivity contribution >= 4 is 10.8 Å². The lowest BCUT2D eigenvalue weighted by atomic mass is 9.77. The molecule has 0 saturated heterocycles. The topological polar surface area (TPSA) is 52.1 Å². The van der Waals surface area contributed by atoms with Gasteiger partial charge in [0.05, 0.1) is 12.4 Å². The third-order valence-electron chi connectivity index (χ3n) is 5.17. The van der Waals surface area contributed by atoms with Gasteiger partial charge in [-0.2, -0.15) is 0 Å². The van der Waals surface area contributed by atoms with Crippen molar-refractivity contribution in [1.82, 2.24) is 9.97 Å². The molecular weight excluding hydrogens is 348 g/mol. The molecule has 2 aromatic heterocycles.